The normalized spacial score (nSPS) is 11.1. The van der Waals surface area contributed by atoms with Crippen LogP contribution >= 0.6 is 0 Å². The maximum atomic E-state index is 11.9. The van der Waals surface area contributed by atoms with Crippen molar-refractivity contribution in [2.45, 2.75) is 39.8 Å². The Morgan fingerprint density at radius 2 is 0.956 bits per heavy atom. The van der Waals surface area contributed by atoms with Crippen LogP contribution in [0.5, 0.6) is 11.5 Å². The van der Waals surface area contributed by atoms with Gasteiger partial charge in [0.25, 0.3) is 11.8 Å². The van der Waals surface area contributed by atoms with Crippen LogP contribution in [0.25, 0.3) is 66.4 Å². The molecule has 6 N–H and O–H groups in total. The van der Waals surface area contributed by atoms with Crippen molar-refractivity contribution in [2.75, 3.05) is 23.8 Å². The molecule has 0 aliphatic carbocycles. The highest BCUT2D eigenvalue weighted by molar-refractivity contribution is 5.95. The molecule has 16 heteroatoms. The lowest BCUT2D eigenvalue weighted by molar-refractivity contribution is -0.124. The van der Waals surface area contributed by atoms with E-state index in [4.69, 9.17) is 29.4 Å². The number of carbonyl (C=O) groups is 2. The Bertz CT molecular complexity index is 3180. The van der Waals surface area contributed by atoms with Crippen molar-refractivity contribution >= 4 is 78.4 Å². The van der Waals surface area contributed by atoms with Crippen molar-refractivity contribution in [3.05, 3.63) is 146 Å². The quantitative estimate of drug-likeness (QED) is 0.0603. The van der Waals surface area contributed by atoms with Crippen LogP contribution in [-0.2, 0) is 9.59 Å². The van der Waals surface area contributed by atoms with Crippen LogP contribution < -0.4 is 30.7 Å². The van der Waals surface area contributed by atoms with Gasteiger partial charge in [-0.2, -0.15) is 10.2 Å². The number of nitrogens with zero attached hydrogens (tertiary/aromatic N) is 6. The van der Waals surface area contributed by atoms with Gasteiger partial charge in [0.15, 0.2) is 24.9 Å². The van der Waals surface area contributed by atoms with Gasteiger partial charge < -0.3 is 30.7 Å². The number of ether oxygens (including phenoxy) is 2. The number of amides is 2. The van der Waals surface area contributed by atoms with Crippen LogP contribution in [0.3, 0.4) is 0 Å². The van der Waals surface area contributed by atoms with Crippen LogP contribution in [0.2, 0.25) is 0 Å². The van der Waals surface area contributed by atoms with Crippen LogP contribution in [0.1, 0.15) is 27.7 Å². The average Bonchev–Trinajstić information content (AvgIpc) is 4.02. The summed E-state index contributed by atoms with van der Waals surface area (Å²) in [5.41, 5.74) is 6.97. The molecule has 4 aromatic heterocycles. The smallest absolute Gasteiger partial charge is 0.258 e. The Balaban J connectivity index is 0.000000170. The van der Waals surface area contributed by atoms with Gasteiger partial charge in [-0.15, -0.1) is 0 Å². The number of fused-ring (bicyclic) bond motifs is 4. The number of H-pyrrole nitrogens is 2. The number of rotatable bonds is 14. The summed E-state index contributed by atoms with van der Waals surface area (Å²) < 4.78 is 11.4. The Kier molecular flexibility index (Phi) is 13.1. The third-order valence-corrected chi connectivity index (χ3v) is 10.4. The Hall–Kier alpha value is -8.92. The highest BCUT2D eigenvalue weighted by atomic mass is 16.5. The number of anilines is 4. The molecule has 0 bridgehead atoms. The third kappa shape index (κ3) is 10.8. The first-order chi connectivity index (χ1) is 33.1. The minimum absolute atomic E-state index is 0.0521. The van der Waals surface area contributed by atoms with Crippen molar-refractivity contribution in [2.24, 2.45) is 0 Å². The Labute approximate surface area is 391 Å². The number of para-hydroxylation sites is 2. The second-order valence-electron chi connectivity index (χ2n) is 16.5. The SMILES string of the molecule is CC(C)NC(=O)COc1cccc(-c2nc(Nc3ccc4[nH]ncc4c3)c3ccccc3n2)c1.CC(C)NC(=O)COc1cccc(-c2nc(Nc3ccc4[nH]ncc4c3)c3ccccc3n2)c1. The fourth-order valence-corrected chi connectivity index (χ4v) is 7.39. The number of hydrogen-bond acceptors (Lipinski definition) is 12. The lowest BCUT2D eigenvalue weighted by atomic mass is 10.1. The zero-order chi connectivity index (χ0) is 47.0. The van der Waals surface area contributed by atoms with Crippen molar-refractivity contribution in [3.8, 4) is 34.3 Å². The minimum Gasteiger partial charge on any atom is -0.484 e. The molecule has 4 heterocycles. The van der Waals surface area contributed by atoms with E-state index in [1.54, 1.807) is 12.4 Å². The van der Waals surface area contributed by atoms with Crippen molar-refractivity contribution < 1.29 is 19.1 Å². The second-order valence-corrected chi connectivity index (χ2v) is 16.5. The summed E-state index contributed by atoms with van der Waals surface area (Å²) in [6, 6.07) is 42.7. The Morgan fingerprint density at radius 3 is 1.40 bits per heavy atom. The van der Waals surface area contributed by atoms with E-state index in [9.17, 15) is 9.59 Å². The molecule has 340 valence electrons. The molecule has 0 fully saturated rings. The summed E-state index contributed by atoms with van der Waals surface area (Å²) in [6.07, 6.45) is 3.58. The standard InChI is InChI=1S/2C26H24N6O2/c2*1-16(2)28-24(33)15-34-20-7-5-6-17(13-20)25-30-23-9-4-3-8-21(23)26(31-25)29-19-10-11-22-18(12-19)14-27-32-22/h2*3-14,16H,15H2,1-2H3,(H,27,32)(H,28,33)(H,29,30,31). The zero-order valence-corrected chi connectivity index (χ0v) is 37.7. The maximum absolute atomic E-state index is 11.9. The van der Waals surface area contributed by atoms with E-state index in [2.05, 4.69) is 41.7 Å². The highest BCUT2D eigenvalue weighted by Crippen LogP contribution is 2.32. The van der Waals surface area contributed by atoms with Gasteiger partial charge in [-0.3, -0.25) is 19.8 Å². The van der Waals surface area contributed by atoms with E-state index >= 15 is 0 Å². The van der Waals surface area contributed by atoms with E-state index in [-0.39, 0.29) is 37.1 Å². The van der Waals surface area contributed by atoms with E-state index < -0.39 is 0 Å². The lowest BCUT2D eigenvalue weighted by Crippen LogP contribution is -2.34. The van der Waals surface area contributed by atoms with Crippen molar-refractivity contribution in [1.82, 2.24) is 51.0 Å². The van der Waals surface area contributed by atoms with Crippen molar-refractivity contribution in [1.29, 1.82) is 0 Å². The lowest BCUT2D eigenvalue weighted by Gasteiger charge is -2.12. The first-order valence-electron chi connectivity index (χ1n) is 22.1. The first-order valence-corrected chi connectivity index (χ1v) is 22.1. The predicted molar refractivity (Wildman–Crippen MR) is 266 cm³/mol. The summed E-state index contributed by atoms with van der Waals surface area (Å²) in [5.74, 6) is 3.34. The summed E-state index contributed by atoms with van der Waals surface area (Å²) in [7, 11) is 0. The number of aromatic nitrogens is 8. The van der Waals surface area contributed by atoms with Gasteiger partial charge in [-0.25, -0.2) is 19.9 Å². The summed E-state index contributed by atoms with van der Waals surface area (Å²) in [4.78, 5) is 43.1. The monoisotopic (exact) mass is 904 g/mol. The third-order valence-electron chi connectivity index (χ3n) is 10.4. The molecule has 0 aliphatic rings. The number of aromatic amines is 2. The number of nitrogens with one attached hydrogen (secondary N) is 6. The fraction of sp³-hybridized carbons (Fsp3) is 0.154. The van der Waals surface area contributed by atoms with Gasteiger partial charge in [-0.05, 0) is 113 Å². The Morgan fingerprint density at radius 1 is 0.515 bits per heavy atom. The molecule has 0 spiro atoms. The highest BCUT2D eigenvalue weighted by Gasteiger charge is 2.14. The molecular weight excluding hydrogens is 857 g/mol. The van der Waals surface area contributed by atoms with Crippen LogP contribution in [-0.4, -0.2) is 77.4 Å². The molecule has 68 heavy (non-hydrogen) atoms. The number of carbonyl (C=O) groups excluding carboxylic acids is 2. The summed E-state index contributed by atoms with van der Waals surface area (Å²) >= 11 is 0. The summed E-state index contributed by atoms with van der Waals surface area (Å²) in [5, 5.41) is 30.4. The molecule has 2 amide bonds. The molecule has 0 saturated heterocycles. The molecule has 0 atom stereocenters. The molecule has 0 aliphatic heterocycles. The van der Waals surface area contributed by atoms with E-state index in [1.165, 1.54) is 0 Å². The first kappa shape index (κ1) is 44.3. The number of hydrogen-bond donors (Lipinski definition) is 6. The van der Waals surface area contributed by atoms with E-state index in [0.717, 1.165) is 66.1 Å². The molecule has 0 saturated carbocycles. The number of benzene rings is 6. The van der Waals surface area contributed by atoms with Crippen LogP contribution in [0, 0.1) is 0 Å². The van der Waals surface area contributed by atoms with Gasteiger partial charge in [0.2, 0.25) is 0 Å². The van der Waals surface area contributed by atoms with Gasteiger partial charge >= 0.3 is 0 Å². The molecular formula is C52H48N12O4. The predicted octanol–water partition coefficient (Wildman–Crippen LogP) is 9.64. The van der Waals surface area contributed by atoms with Gasteiger partial charge in [0.1, 0.15) is 23.1 Å². The largest absolute Gasteiger partial charge is 0.484 e. The molecule has 6 aromatic carbocycles. The minimum atomic E-state index is -0.163. The van der Waals surface area contributed by atoms with Gasteiger partial charge in [0.05, 0.1) is 34.5 Å². The molecule has 0 radical (unpaired) electrons. The van der Waals surface area contributed by atoms with Gasteiger partial charge in [-0.1, -0.05) is 48.5 Å². The molecule has 10 aromatic rings. The molecule has 0 unspecified atom stereocenters. The maximum Gasteiger partial charge on any atom is 0.258 e. The molecule has 16 nitrogen and oxygen atoms in total. The fourth-order valence-electron chi connectivity index (χ4n) is 7.39. The van der Waals surface area contributed by atoms with E-state index in [1.807, 2.05) is 161 Å². The van der Waals surface area contributed by atoms with Crippen molar-refractivity contribution in [3.63, 3.8) is 0 Å². The van der Waals surface area contributed by atoms with Crippen LogP contribution in [0.15, 0.2) is 146 Å². The van der Waals surface area contributed by atoms with Gasteiger partial charge in [0, 0.05) is 56.1 Å². The molecule has 10 rings (SSSR count). The zero-order valence-electron chi connectivity index (χ0n) is 37.7. The average molecular weight is 905 g/mol. The van der Waals surface area contributed by atoms with E-state index in [0.29, 0.717) is 34.8 Å². The summed E-state index contributed by atoms with van der Waals surface area (Å²) in [6.45, 7) is 7.54. The topological polar surface area (TPSA) is 210 Å². The van der Waals surface area contributed by atoms with Crippen LogP contribution in [0.4, 0.5) is 23.0 Å². The second kappa shape index (κ2) is 20.1.